The summed E-state index contributed by atoms with van der Waals surface area (Å²) in [5.41, 5.74) is -2.57. The van der Waals surface area contributed by atoms with E-state index in [1.165, 1.54) is 43.3 Å². The third-order valence-corrected chi connectivity index (χ3v) is 11.6. The van der Waals surface area contributed by atoms with Gasteiger partial charge in [0.15, 0.2) is 0 Å². The first-order valence-corrected chi connectivity index (χ1v) is 18.8. The van der Waals surface area contributed by atoms with Crippen LogP contribution in [0, 0.1) is 0 Å². The number of carboxylic acid groups (broad SMARTS) is 2. The minimum Gasteiger partial charge on any atom is -0.507 e. The molecule has 19 nitrogen and oxygen atoms in total. The van der Waals surface area contributed by atoms with E-state index in [-0.39, 0.29) is 44.9 Å². The average molecular weight is 847 g/mol. The van der Waals surface area contributed by atoms with Gasteiger partial charge in [0, 0.05) is 11.8 Å². The molecule has 0 saturated carbocycles. The molecule has 8 rings (SSSR count). The molecule has 61 heavy (non-hydrogen) atoms. The largest absolute Gasteiger partial charge is 0.507 e. The molecule has 0 spiro atoms. The van der Waals surface area contributed by atoms with Gasteiger partial charge in [0.25, 0.3) is 0 Å². The molecule has 2 aliphatic carbocycles. The summed E-state index contributed by atoms with van der Waals surface area (Å²) in [7, 11) is 0. The van der Waals surface area contributed by atoms with Crippen molar-refractivity contribution in [1.82, 2.24) is 0 Å². The van der Waals surface area contributed by atoms with Crippen LogP contribution in [0.4, 0.5) is 0 Å². The number of fused-ring (bicyclic) bond motifs is 4. The lowest BCUT2D eigenvalue weighted by Crippen LogP contribution is -2.60. The molecule has 12 atom stereocenters. The summed E-state index contributed by atoms with van der Waals surface area (Å²) in [4.78, 5) is 54.2. The van der Waals surface area contributed by atoms with Crippen LogP contribution in [0.5, 0.6) is 23.0 Å². The monoisotopic (exact) mass is 846 g/mol. The molecule has 11 N–H and O–H groups in total. The van der Waals surface area contributed by atoms with Crippen LogP contribution in [0.2, 0.25) is 0 Å². The Kier molecular flexibility index (Phi) is 10.6. The van der Waals surface area contributed by atoms with E-state index in [0.717, 1.165) is 24.3 Å². The number of aliphatic hydroxyl groups excluding tert-OH is 7. The summed E-state index contributed by atoms with van der Waals surface area (Å²) >= 11 is 0. The molecule has 2 aliphatic heterocycles. The molecule has 0 amide bonds. The Morgan fingerprint density at radius 3 is 1.43 bits per heavy atom. The van der Waals surface area contributed by atoms with Crippen molar-refractivity contribution in [3.63, 3.8) is 0 Å². The third-order valence-electron chi connectivity index (χ3n) is 11.6. The van der Waals surface area contributed by atoms with E-state index in [4.69, 9.17) is 18.9 Å². The zero-order chi connectivity index (χ0) is 43.9. The second-order valence-corrected chi connectivity index (χ2v) is 15.2. The van der Waals surface area contributed by atoms with Crippen molar-refractivity contribution < 1.29 is 94.3 Å². The van der Waals surface area contributed by atoms with E-state index in [1.807, 2.05) is 0 Å². The predicted molar refractivity (Wildman–Crippen MR) is 201 cm³/mol. The van der Waals surface area contributed by atoms with E-state index >= 15 is 0 Å². The summed E-state index contributed by atoms with van der Waals surface area (Å²) in [6.07, 6.45) is -16.6. The first-order valence-electron chi connectivity index (χ1n) is 18.8. The first kappa shape index (κ1) is 41.7. The van der Waals surface area contributed by atoms with Crippen LogP contribution in [-0.4, -0.2) is 148 Å². The zero-order valence-electron chi connectivity index (χ0n) is 31.6. The Morgan fingerprint density at radius 1 is 0.574 bits per heavy atom. The lowest BCUT2D eigenvalue weighted by molar-refractivity contribution is -0.277. The minimum atomic E-state index is -1.93. The molecule has 2 heterocycles. The van der Waals surface area contributed by atoms with Crippen molar-refractivity contribution in [2.24, 2.45) is 0 Å². The Bertz CT molecular complexity index is 2480. The molecule has 2 fully saturated rings. The van der Waals surface area contributed by atoms with Crippen LogP contribution in [0.25, 0.3) is 0 Å². The van der Waals surface area contributed by atoms with Gasteiger partial charge in [-0.2, -0.15) is 0 Å². The minimum absolute atomic E-state index is 0.0290. The molecule has 320 valence electrons. The van der Waals surface area contributed by atoms with E-state index < -0.39 is 137 Å². The second kappa shape index (κ2) is 15.5. The molecule has 0 aromatic heterocycles. The van der Waals surface area contributed by atoms with Crippen LogP contribution in [0.1, 0.15) is 93.6 Å². The highest BCUT2D eigenvalue weighted by Crippen LogP contribution is 2.56. The van der Waals surface area contributed by atoms with E-state index in [2.05, 4.69) is 0 Å². The topological polar surface area (TPSA) is 328 Å². The predicted octanol–water partition coefficient (Wildman–Crippen LogP) is -0.0680. The maximum Gasteiger partial charge on any atom is 0.335 e. The fraction of sp³-hybridized carbons (Fsp3) is 0.333. The van der Waals surface area contributed by atoms with Crippen molar-refractivity contribution >= 4 is 23.5 Å². The number of carbonyl (C=O) groups excluding carboxylic acids is 2. The van der Waals surface area contributed by atoms with Crippen LogP contribution in [0.3, 0.4) is 0 Å². The fourth-order valence-electron chi connectivity index (χ4n) is 8.66. The number of aromatic hydroxyl groups is 2. The lowest BCUT2D eigenvalue weighted by Gasteiger charge is -2.41. The SMILES string of the molecule is C[C@H]1O[C@@H](Oc2cccc3c2C(=O)c2c(O)cc(C(=O)O)cc2[C@@H]3[C@@H]2c3cc(C(=O)O)cc(O)c3C(=O)c3c(O[C@@H]4O[C@H](CO)[C@@H](O)[C@H](O)[C@H]4O)cccc32)[C@H](O)[C@@H](O)[C@@H]1O. The maximum absolute atomic E-state index is 14.7. The van der Waals surface area contributed by atoms with Gasteiger partial charge in [-0.25, -0.2) is 9.59 Å². The quantitative estimate of drug-likeness (QED) is 0.111. The molecule has 0 unspecified atom stereocenters. The van der Waals surface area contributed by atoms with Crippen molar-refractivity contribution in [1.29, 1.82) is 0 Å². The van der Waals surface area contributed by atoms with Crippen LogP contribution in [0.15, 0.2) is 60.7 Å². The smallest absolute Gasteiger partial charge is 0.335 e. The van der Waals surface area contributed by atoms with Gasteiger partial charge in [-0.1, -0.05) is 24.3 Å². The summed E-state index contributed by atoms with van der Waals surface area (Å²) in [5.74, 6) is -9.78. The van der Waals surface area contributed by atoms with Crippen molar-refractivity contribution in [3.05, 3.63) is 116 Å². The number of hydrogen-bond donors (Lipinski definition) is 11. The highest BCUT2D eigenvalue weighted by molar-refractivity contribution is 6.18. The number of aromatic carboxylic acids is 2. The molecule has 4 aliphatic rings. The van der Waals surface area contributed by atoms with Gasteiger partial charge in [-0.15, -0.1) is 0 Å². The number of carbonyl (C=O) groups is 4. The number of ether oxygens (including phenoxy) is 4. The number of carboxylic acids is 2. The van der Waals surface area contributed by atoms with Crippen molar-refractivity contribution in [2.45, 2.75) is 80.2 Å². The molecule has 19 heteroatoms. The number of phenols is 2. The van der Waals surface area contributed by atoms with Gasteiger partial charge in [0.2, 0.25) is 24.1 Å². The number of phenolic OH excluding ortho intramolecular Hbond substituents is 2. The molecule has 0 bridgehead atoms. The number of aliphatic hydroxyl groups is 7. The van der Waals surface area contributed by atoms with Crippen LogP contribution < -0.4 is 9.47 Å². The summed E-state index contributed by atoms with van der Waals surface area (Å²) in [6, 6.07) is 12.2. The highest BCUT2D eigenvalue weighted by Gasteiger charge is 2.49. The standard InChI is InChI=1S/C42H38O19/c1-13-31(46)35(50)37(52)41(58-13)59-22-6-2-4-16-25(18-8-14(39(54)55)10-20(44)27(18)33(48)29(16)22)26-17-5-3-7-23(60-42-38(53)36(51)32(47)24(12-43)61-42)30(17)34(49)28-19(26)9-15(40(56)57)11-21(28)45/h2-11,13,24-26,31-32,35-38,41-47,50-53H,12H2,1H3,(H,54,55)(H,56,57)/t13-,24-,25-,26+,31-,32-,35+,36+,37-,38-,41+,42-/m1/s1. The Morgan fingerprint density at radius 2 is 1.00 bits per heavy atom. The molecule has 0 radical (unpaired) electrons. The summed E-state index contributed by atoms with van der Waals surface area (Å²) in [5, 5.41) is 116. The first-order chi connectivity index (χ1) is 28.9. The molecule has 2 saturated heterocycles. The van der Waals surface area contributed by atoms with Gasteiger partial charge >= 0.3 is 11.9 Å². The Balaban J connectivity index is 1.38. The van der Waals surface area contributed by atoms with E-state index in [1.54, 1.807) is 0 Å². The van der Waals surface area contributed by atoms with Gasteiger partial charge in [-0.05, 0) is 65.6 Å². The van der Waals surface area contributed by atoms with Crippen molar-refractivity contribution in [2.75, 3.05) is 6.61 Å². The molecular weight excluding hydrogens is 808 g/mol. The third kappa shape index (κ3) is 6.67. The normalized spacial score (nSPS) is 30.4. The molecular formula is C42H38O19. The van der Waals surface area contributed by atoms with E-state index in [9.17, 15) is 75.3 Å². The summed E-state index contributed by atoms with van der Waals surface area (Å²) in [6.45, 7) is 0.594. The number of ketones is 2. The zero-order valence-corrected chi connectivity index (χ0v) is 31.6. The average Bonchev–Trinajstić information content (AvgIpc) is 3.22. The van der Waals surface area contributed by atoms with Crippen LogP contribution >= 0.6 is 0 Å². The van der Waals surface area contributed by atoms with Gasteiger partial charge < -0.3 is 75.1 Å². The number of hydrogen-bond acceptors (Lipinski definition) is 17. The highest BCUT2D eigenvalue weighted by atomic mass is 16.7. The van der Waals surface area contributed by atoms with Gasteiger partial charge in [0.05, 0.1) is 46.1 Å². The van der Waals surface area contributed by atoms with Gasteiger partial charge in [-0.3, -0.25) is 9.59 Å². The fourth-order valence-corrected chi connectivity index (χ4v) is 8.66. The number of benzene rings is 4. The number of rotatable bonds is 8. The van der Waals surface area contributed by atoms with Crippen molar-refractivity contribution in [3.8, 4) is 23.0 Å². The Labute approximate surface area is 343 Å². The molecule has 4 aromatic rings. The Hall–Kier alpha value is -6.00. The molecule has 4 aromatic carbocycles. The second-order valence-electron chi connectivity index (χ2n) is 15.2. The van der Waals surface area contributed by atoms with Gasteiger partial charge in [0.1, 0.15) is 65.7 Å². The lowest BCUT2D eigenvalue weighted by atomic mass is 9.63. The van der Waals surface area contributed by atoms with E-state index in [0.29, 0.717) is 0 Å². The maximum atomic E-state index is 14.7. The van der Waals surface area contributed by atoms with Crippen LogP contribution in [-0.2, 0) is 9.47 Å². The summed E-state index contributed by atoms with van der Waals surface area (Å²) < 4.78 is 23.2.